The van der Waals surface area contributed by atoms with E-state index in [4.69, 9.17) is 6.57 Å². The lowest BCUT2D eigenvalue weighted by atomic mass is 9.35. The van der Waals surface area contributed by atoms with E-state index >= 15 is 0 Å². The number of nitrogens with zero attached hydrogens (tertiary/aromatic N) is 1. The van der Waals surface area contributed by atoms with Crippen LogP contribution in [0.1, 0.15) is 93.9 Å². The molecule has 5 heteroatoms. The molecule has 0 unspecified atom stereocenters. The number of carbonyl (C=O) groups excluding carboxylic acids is 3. The summed E-state index contributed by atoms with van der Waals surface area (Å²) in [4.78, 5) is 43.7. The van der Waals surface area contributed by atoms with Crippen LogP contribution in [0.25, 0.3) is 4.85 Å². The average Bonchev–Trinajstić information content (AvgIpc) is 2.81. The van der Waals surface area contributed by atoms with E-state index in [1.165, 1.54) is 0 Å². The van der Waals surface area contributed by atoms with Gasteiger partial charge >= 0.3 is 0 Å². The van der Waals surface area contributed by atoms with Crippen LogP contribution < -0.4 is 5.32 Å². The Morgan fingerprint density at radius 1 is 1.03 bits per heavy atom. The first kappa shape index (κ1) is 26.4. The Kier molecular flexibility index (Phi) is 5.64. The SMILES string of the molecule is [C-]#[N+]C1=C[C@]2(C)C3=CC(=O)[C@@H]4[C@@H]5[C@@H](C)[C@H](C)CC[C@]5(NC(C)=O)CC[C@@]4(C)[C@]3(C)CC[C@H]2C(C)(C)C1=O. The maximum Gasteiger partial charge on any atom is 0.226 e. The van der Waals surface area contributed by atoms with Gasteiger partial charge in [0.1, 0.15) is 0 Å². The minimum absolute atomic E-state index is 0.00000786. The third-order valence-corrected chi connectivity index (χ3v) is 12.6. The molecule has 37 heavy (non-hydrogen) atoms. The zero-order chi connectivity index (χ0) is 27.3. The highest BCUT2D eigenvalue weighted by Gasteiger charge is 2.70. The van der Waals surface area contributed by atoms with E-state index in [2.05, 4.69) is 44.8 Å². The topological polar surface area (TPSA) is 67.6 Å². The van der Waals surface area contributed by atoms with Crippen LogP contribution in [0.5, 0.6) is 0 Å². The number of amides is 1. The van der Waals surface area contributed by atoms with Gasteiger partial charge in [0, 0.05) is 29.2 Å². The van der Waals surface area contributed by atoms with Gasteiger partial charge in [-0.05, 0) is 79.1 Å². The molecule has 1 N–H and O–H groups in total. The molecule has 0 aromatic carbocycles. The van der Waals surface area contributed by atoms with Crippen LogP contribution in [0.3, 0.4) is 0 Å². The van der Waals surface area contributed by atoms with Crippen LogP contribution >= 0.6 is 0 Å². The van der Waals surface area contributed by atoms with Crippen LogP contribution in [0.4, 0.5) is 0 Å². The van der Waals surface area contributed by atoms with Gasteiger partial charge in [0.15, 0.2) is 11.6 Å². The van der Waals surface area contributed by atoms with Gasteiger partial charge in [0.25, 0.3) is 0 Å². The van der Waals surface area contributed by atoms with Gasteiger partial charge in [-0.1, -0.05) is 60.1 Å². The highest BCUT2D eigenvalue weighted by Crippen LogP contribution is 2.73. The van der Waals surface area contributed by atoms with Crippen LogP contribution in [-0.4, -0.2) is 23.0 Å². The number of hydrogen-bond donors (Lipinski definition) is 1. The normalized spacial score (nSPS) is 48.2. The highest BCUT2D eigenvalue weighted by atomic mass is 16.1. The Hall–Kier alpha value is -2.22. The highest BCUT2D eigenvalue weighted by molar-refractivity contribution is 6.03. The molecule has 0 spiro atoms. The first-order valence-electron chi connectivity index (χ1n) is 14.3. The summed E-state index contributed by atoms with van der Waals surface area (Å²) in [7, 11) is 0. The van der Waals surface area contributed by atoms with Crippen molar-refractivity contribution >= 4 is 17.5 Å². The van der Waals surface area contributed by atoms with Crippen LogP contribution in [0.2, 0.25) is 0 Å². The van der Waals surface area contributed by atoms with Gasteiger partial charge in [-0.3, -0.25) is 9.59 Å². The van der Waals surface area contributed by atoms with Gasteiger partial charge in [0.05, 0.1) is 6.57 Å². The lowest BCUT2D eigenvalue weighted by Crippen LogP contribution is -2.70. The Labute approximate surface area is 222 Å². The number of rotatable bonds is 1. The zero-order valence-electron chi connectivity index (χ0n) is 24.0. The van der Waals surface area contributed by atoms with Crippen molar-refractivity contribution in [3.05, 3.63) is 34.8 Å². The van der Waals surface area contributed by atoms with E-state index in [9.17, 15) is 14.4 Å². The fourth-order valence-corrected chi connectivity index (χ4v) is 10.4. The molecule has 3 fully saturated rings. The fraction of sp³-hybridized carbons (Fsp3) is 0.750. The van der Waals surface area contributed by atoms with Crippen LogP contribution in [-0.2, 0) is 14.4 Å². The van der Waals surface area contributed by atoms with Crippen molar-refractivity contribution in [2.24, 2.45) is 51.2 Å². The summed E-state index contributed by atoms with van der Waals surface area (Å²) in [5.74, 6) is 0.962. The summed E-state index contributed by atoms with van der Waals surface area (Å²) in [6.45, 7) is 24.8. The molecular weight excluding hydrogens is 460 g/mol. The van der Waals surface area contributed by atoms with E-state index in [-0.39, 0.29) is 57.3 Å². The van der Waals surface area contributed by atoms with Gasteiger partial charge in [-0.15, -0.1) is 0 Å². The first-order valence-corrected chi connectivity index (χ1v) is 14.3. The monoisotopic (exact) mass is 504 g/mol. The predicted molar refractivity (Wildman–Crippen MR) is 144 cm³/mol. The smallest absolute Gasteiger partial charge is 0.226 e. The molecular formula is C32H44N2O3. The average molecular weight is 505 g/mol. The largest absolute Gasteiger partial charge is 0.351 e. The Morgan fingerprint density at radius 3 is 2.32 bits per heavy atom. The third kappa shape index (κ3) is 3.17. The fourth-order valence-electron chi connectivity index (χ4n) is 10.4. The Morgan fingerprint density at radius 2 is 1.70 bits per heavy atom. The minimum Gasteiger partial charge on any atom is -0.351 e. The number of Topliss-reactive ketones (excluding diaryl/α,β-unsaturated/α-hetero) is 1. The second-order valence-corrected chi connectivity index (χ2v) is 14.5. The number of ketones is 2. The molecule has 0 bridgehead atoms. The number of carbonyl (C=O) groups is 3. The van der Waals surface area contributed by atoms with Gasteiger partial charge in [0.2, 0.25) is 11.6 Å². The molecule has 0 radical (unpaired) electrons. The van der Waals surface area contributed by atoms with Crippen LogP contribution in [0, 0.1) is 57.8 Å². The molecule has 0 aromatic heterocycles. The molecule has 200 valence electrons. The molecule has 0 heterocycles. The van der Waals surface area contributed by atoms with Crippen molar-refractivity contribution < 1.29 is 14.4 Å². The van der Waals surface area contributed by atoms with E-state index in [1.807, 2.05) is 26.0 Å². The summed E-state index contributed by atoms with van der Waals surface area (Å²) in [6.07, 6.45) is 9.47. The molecule has 9 atom stereocenters. The van der Waals surface area contributed by atoms with Crippen molar-refractivity contribution in [1.82, 2.24) is 5.32 Å². The van der Waals surface area contributed by atoms with Crippen LogP contribution in [0.15, 0.2) is 23.4 Å². The lowest BCUT2D eigenvalue weighted by molar-refractivity contribution is -0.167. The lowest BCUT2D eigenvalue weighted by Gasteiger charge is -2.69. The maximum absolute atomic E-state index is 14.4. The predicted octanol–water partition coefficient (Wildman–Crippen LogP) is 6.30. The van der Waals surface area contributed by atoms with Crippen molar-refractivity contribution in [2.45, 2.75) is 99.5 Å². The zero-order valence-corrected chi connectivity index (χ0v) is 24.0. The van der Waals surface area contributed by atoms with Gasteiger partial charge in [-0.2, -0.15) is 0 Å². The van der Waals surface area contributed by atoms with Crippen molar-refractivity contribution in [2.75, 3.05) is 0 Å². The number of nitrogens with one attached hydrogen (secondary N) is 1. The Balaban J connectivity index is 1.70. The molecule has 5 aliphatic carbocycles. The molecule has 5 rings (SSSR count). The van der Waals surface area contributed by atoms with E-state index in [1.54, 1.807) is 6.92 Å². The molecule has 5 nitrogen and oxygen atoms in total. The maximum atomic E-state index is 14.4. The number of hydrogen-bond acceptors (Lipinski definition) is 3. The first-order chi connectivity index (χ1) is 17.1. The third-order valence-electron chi connectivity index (χ3n) is 12.6. The number of allylic oxidation sites excluding steroid dienone is 4. The second-order valence-electron chi connectivity index (χ2n) is 14.5. The van der Waals surface area contributed by atoms with E-state index in [0.717, 1.165) is 44.1 Å². The van der Waals surface area contributed by atoms with Gasteiger partial charge < -0.3 is 10.1 Å². The standard InChI is InChI=1S/C32H44N2O3/c1-18-10-13-32(34-20(3)35)15-14-31(8)26(25(32)19(18)2)22(36)16-24-29(6)17-21(33-9)27(37)28(4,5)23(29)11-12-30(24,31)7/h16-19,23,25-26H,10-15H2,1-8H3,(H,34,35)/t18-,19+,23+,25+,26-,29+,30-,31-,32+/m1/s1. The molecule has 1 amide bonds. The van der Waals surface area contributed by atoms with Gasteiger partial charge in [-0.25, -0.2) is 4.85 Å². The molecule has 0 aliphatic heterocycles. The number of fused-ring (bicyclic) bond motifs is 7. The quantitative estimate of drug-likeness (QED) is 0.426. The summed E-state index contributed by atoms with van der Waals surface area (Å²) >= 11 is 0. The molecule has 0 saturated heterocycles. The minimum atomic E-state index is -0.646. The van der Waals surface area contributed by atoms with Crippen molar-refractivity contribution in [3.8, 4) is 0 Å². The van der Waals surface area contributed by atoms with Crippen molar-refractivity contribution in [3.63, 3.8) is 0 Å². The second kappa shape index (κ2) is 7.90. The van der Waals surface area contributed by atoms with E-state index in [0.29, 0.717) is 11.8 Å². The van der Waals surface area contributed by atoms with Crippen molar-refractivity contribution in [1.29, 1.82) is 0 Å². The molecule has 5 aliphatic rings. The molecule has 0 aromatic rings. The Bertz CT molecular complexity index is 1190. The summed E-state index contributed by atoms with van der Waals surface area (Å²) in [6, 6.07) is 0. The molecule has 3 saturated carbocycles. The van der Waals surface area contributed by atoms with E-state index < -0.39 is 10.8 Å². The summed E-state index contributed by atoms with van der Waals surface area (Å²) in [5, 5.41) is 3.39. The summed E-state index contributed by atoms with van der Waals surface area (Å²) in [5.41, 5.74) is -0.603. The summed E-state index contributed by atoms with van der Waals surface area (Å²) < 4.78 is 0.